The molecule has 3 aliphatic heterocycles. The van der Waals surface area contributed by atoms with Gasteiger partial charge in [0, 0.05) is 68.6 Å². The molecular weight excluding hydrogens is 524 g/mol. The van der Waals surface area contributed by atoms with Crippen LogP contribution in [0.5, 0.6) is 11.5 Å². The second kappa shape index (κ2) is 12.3. The van der Waals surface area contributed by atoms with Gasteiger partial charge < -0.3 is 29.2 Å². The lowest BCUT2D eigenvalue weighted by molar-refractivity contribution is -0.0256. The van der Waals surface area contributed by atoms with Crippen LogP contribution in [0.4, 0.5) is 17.3 Å². The summed E-state index contributed by atoms with van der Waals surface area (Å²) < 4.78 is 22.4. The highest BCUT2D eigenvalue weighted by Gasteiger charge is 2.36. The molecule has 0 bridgehead atoms. The first kappa shape index (κ1) is 27.3. The summed E-state index contributed by atoms with van der Waals surface area (Å²) in [4.78, 5) is 26.4. The Hall–Kier alpha value is -3.93. The van der Waals surface area contributed by atoms with Crippen LogP contribution in [0, 0.1) is 0 Å². The van der Waals surface area contributed by atoms with Crippen molar-refractivity contribution in [2.45, 2.75) is 25.0 Å². The summed E-state index contributed by atoms with van der Waals surface area (Å²) in [6.45, 7) is 6.08. The summed E-state index contributed by atoms with van der Waals surface area (Å²) in [5.74, 6) is 1.27. The highest BCUT2D eigenvalue weighted by atomic mass is 16.5. The highest BCUT2D eigenvalue weighted by molar-refractivity contribution is 5.98. The van der Waals surface area contributed by atoms with Gasteiger partial charge >= 0.3 is 0 Å². The summed E-state index contributed by atoms with van der Waals surface area (Å²) in [6, 6.07) is 12.8. The molecule has 3 saturated heterocycles. The molecule has 1 aromatic heterocycles. The van der Waals surface area contributed by atoms with Gasteiger partial charge in [-0.3, -0.25) is 9.69 Å². The van der Waals surface area contributed by atoms with E-state index in [-0.39, 0.29) is 17.7 Å². The molecule has 0 atom stereocenters. The van der Waals surface area contributed by atoms with Gasteiger partial charge in [0.1, 0.15) is 23.3 Å². The molecule has 4 heterocycles. The number of hydrogen-bond acceptors (Lipinski definition) is 9. The van der Waals surface area contributed by atoms with Crippen molar-refractivity contribution in [3.8, 4) is 22.8 Å². The van der Waals surface area contributed by atoms with Gasteiger partial charge in [0.25, 0.3) is 5.91 Å². The first-order valence-corrected chi connectivity index (χ1v) is 14.0. The minimum Gasteiger partial charge on any atom is -0.496 e. The van der Waals surface area contributed by atoms with Gasteiger partial charge in [0.05, 0.1) is 44.8 Å². The molecule has 11 heteroatoms. The monoisotopic (exact) mass is 558 g/mol. The van der Waals surface area contributed by atoms with Crippen molar-refractivity contribution in [2.75, 3.05) is 65.0 Å². The van der Waals surface area contributed by atoms with Crippen LogP contribution in [0.25, 0.3) is 11.3 Å². The van der Waals surface area contributed by atoms with Crippen LogP contribution in [0.15, 0.2) is 48.7 Å². The fourth-order valence-electron chi connectivity index (χ4n) is 5.37. The van der Waals surface area contributed by atoms with Gasteiger partial charge in [-0.05, 0) is 36.4 Å². The van der Waals surface area contributed by atoms with Crippen LogP contribution in [0.1, 0.15) is 23.2 Å². The second-order valence-electron chi connectivity index (χ2n) is 10.4. The van der Waals surface area contributed by atoms with E-state index in [0.29, 0.717) is 66.7 Å². The Morgan fingerprint density at radius 3 is 2.54 bits per heavy atom. The number of ether oxygens (including phenoxy) is 4. The van der Waals surface area contributed by atoms with Gasteiger partial charge in [-0.25, -0.2) is 9.97 Å². The van der Waals surface area contributed by atoms with Crippen LogP contribution in [0.2, 0.25) is 0 Å². The average Bonchev–Trinajstić information content (AvgIpc) is 2.98. The lowest BCUT2D eigenvalue weighted by Crippen LogP contribution is -2.62. The highest BCUT2D eigenvalue weighted by Crippen LogP contribution is 2.32. The number of hydrogen-bond donors (Lipinski definition) is 1. The van der Waals surface area contributed by atoms with E-state index in [9.17, 15) is 10.5 Å². The SMILES string of the molecule is COc1cc(Nc2nccc(-c3ccc(OC4CCOCC4)c([N])c3)n2)ccc1C(=O)N1CC(N2CCOCC2)C1. The van der Waals surface area contributed by atoms with Crippen molar-refractivity contribution in [3.63, 3.8) is 0 Å². The third kappa shape index (κ3) is 6.22. The number of amides is 1. The Kier molecular flexibility index (Phi) is 8.17. The summed E-state index contributed by atoms with van der Waals surface area (Å²) in [5, 5.41) is 3.20. The number of nitrogens with one attached hydrogen (secondary N) is 1. The standard InChI is InChI=1S/C30H34N6O5/c1-38-28-17-21(3-4-24(28)29(37)36-18-22(19-36)35-10-14-40-15-11-35)33-30-32-9-6-26(34-30)20-2-5-27(25(31)16-20)41-23-7-12-39-13-8-23/h2-6,9,16-17,22-23H,7-8,10-15,18-19H2,1H3,(H,32,33,34). The maximum Gasteiger partial charge on any atom is 0.257 e. The third-order valence-corrected chi connectivity index (χ3v) is 7.77. The van der Waals surface area contributed by atoms with Crippen LogP contribution in [-0.2, 0) is 9.47 Å². The molecule has 3 aliphatic rings. The predicted molar refractivity (Wildman–Crippen MR) is 152 cm³/mol. The van der Waals surface area contributed by atoms with Gasteiger partial charge in [0.15, 0.2) is 0 Å². The predicted octanol–water partition coefficient (Wildman–Crippen LogP) is 3.31. The molecule has 3 aromatic rings. The van der Waals surface area contributed by atoms with E-state index in [1.54, 1.807) is 43.6 Å². The Balaban J connectivity index is 1.11. The van der Waals surface area contributed by atoms with Crippen molar-refractivity contribution in [2.24, 2.45) is 0 Å². The van der Waals surface area contributed by atoms with E-state index in [0.717, 1.165) is 44.7 Å². The minimum atomic E-state index is -0.0415. The molecule has 0 spiro atoms. The summed E-state index contributed by atoms with van der Waals surface area (Å²) >= 11 is 0. The molecule has 2 aromatic carbocycles. The van der Waals surface area contributed by atoms with E-state index in [2.05, 4.69) is 20.2 Å². The van der Waals surface area contributed by atoms with Gasteiger partial charge in [0.2, 0.25) is 5.95 Å². The minimum absolute atomic E-state index is 0.0342. The molecule has 41 heavy (non-hydrogen) atoms. The molecule has 6 rings (SSSR count). The molecular formula is C30H34N6O5. The quantitative estimate of drug-likeness (QED) is 0.444. The average molecular weight is 559 g/mol. The fourth-order valence-corrected chi connectivity index (χ4v) is 5.37. The number of anilines is 2. The van der Waals surface area contributed by atoms with E-state index in [1.807, 2.05) is 17.0 Å². The molecule has 0 unspecified atom stereocenters. The number of carbonyl (C=O) groups excluding carboxylic acids is 1. The normalized spacial score (nSPS) is 18.5. The first-order valence-electron chi connectivity index (χ1n) is 14.0. The lowest BCUT2D eigenvalue weighted by Gasteiger charge is -2.46. The Labute approximate surface area is 239 Å². The number of likely N-dealkylation sites (tertiary alicyclic amines) is 1. The Bertz CT molecular complexity index is 1370. The molecule has 0 aliphatic carbocycles. The zero-order chi connectivity index (χ0) is 28.2. The van der Waals surface area contributed by atoms with Crippen molar-refractivity contribution >= 4 is 23.2 Å². The van der Waals surface area contributed by atoms with Gasteiger partial charge in [-0.2, -0.15) is 0 Å². The zero-order valence-corrected chi connectivity index (χ0v) is 23.1. The topological polar surface area (TPSA) is 121 Å². The Morgan fingerprint density at radius 1 is 1.00 bits per heavy atom. The Morgan fingerprint density at radius 2 is 1.78 bits per heavy atom. The lowest BCUT2D eigenvalue weighted by atomic mass is 10.0. The smallest absolute Gasteiger partial charge is 0.257 e. The maximum absolute atomic E-state index is 13.2. The summed E-state index contributed by atoms with van der Waals surface area (Å²) in [5.41, 5.74) is 13.2. The number of nitrogens with zero attached hydrogens (tertiary/aromatic N) is 5. The molecule has 1 N–H and O–H groups in total. The molecule has 214 valence electrons. The number of methoxy groups -OCH3 is 1. The van der Waals surface area contributed by atoms with Crippen molar-refractivity contribution in [3.05, 3.63) is 54.2 Å². The number of morpholine rings is 1. The van der Waals surface area contributed by atoms with Crippen molar-refractivity contribution in [1.29, 1.82) is 0 Å². The molecule has 3 fully saturated rings. The largest absolute Gasteiger partial charge is 0.496 e. The number of rotatable bonds is 8. The van der Waals surface area contributed by atoms with E-state index >= 15 is 0 Å². The van der Waals surface area contributed by atoms with Crippen LogP contribution in [0.3, 0.4) is 0 Å². The van der Waals surface area contributed by atoms with E-state index < -0.39 is 0 Å². The molecule has 1 amide bonds. The van der Waals surface area contributed by atoms with Crippen molar-refractivity contribution < 1.29 is 23.7 Å². The van der Waals surface area contributed by atoms with Crippen LogP contribution >= 0.6 is 0 Å². The van der Waals surface area contributed by atoms with Crippen molar-refractivity contribution in [1.82, 2.24) is 25.5 Å². The number of carbonyl (C=O) groups is 1. The fraction of sp³-hybridized carbons (Fsp3) is 0.433. The zero-order valence-electron chi connectivity index (χ0n) is 23.1. The van der Waals surface area contributed by atoms with Crippen LogP contribution < -0.4 is 20.5 Å². The molecule has 0 saturated carbocycles. The number of aromatic nitrogens is 2. The number of benzene rings is 2. The maximum atomic E-state index is 13.2. The second-order valence-corrected chi connectivity index (χ2v) is 10.4. The van der Waals surface area contributed by atoms with Gasteiger partial charge in [-0.15, -0.1) is 5.73 Å². The van der Waals surface area contributed by atoms with E-state index in [4.69, 9.17) is 18.9 Å². The third-order valence-electron chi connectivity index (χ3n) is 7.77. The molecule has 11 nitrogen and oxygen atoms in total. The van der Waals surface area contributed by atoms with E-state index in [1.165, 1.54) is 0 Å². The first-order chi connectivity index (χ1) is 20.1. The summed E-state index contributed by atoms with van der Waals surface area (Å²) in [7, 11) is 1.56. The molecule has 2 radical (unpaired) electrons. The van der Waals surface area contributed by atoms with Gasteiger partial charge in [-0.1, -0.05) is 0 Å². The summed E-state index contributed by atoms with van der Waals surface area (Å²) in [6.07, 6.45) is 3.29. The van der Waals surface area contributed by atoms with Crippen LogP contribution in [-0.4, -0.2) is 97.5 Å².